The van der Waals surface area contributed by atoms with Gasteiger partial charge < -0.3 is 0 Å². The smallest absolute Gasteiger partial charge is 0.0406 e. The highest BCUT2D eigenvalue weighted by Gasteiger charge is 2.19. The molecule has 2 aromatic rings. The predicted molar refractivity (Wildman–Crippen MR) is 77.8 cm³/mol. The molecule has 0 saturated heterocycles. The van der Waals surface area contributed by atoms with Crippen molar-refractivity contribution in [3.63, 3.8) is 0 Å². The van der Waals surface area contributed by atoms with Crippen LogP contribution in [-0.2, 0) is 0 Å². The monoisotopic (exact) mass is 254 g/mol. The maximum atomic E-state index is 5.92. The molecule has 0 spiro atoms. The summed E-state index contributed by atoms with van der Waals surface area (Å²) >= 11 is 5.92. The van der Waals surface area contributed by atoms with Crippen LogP contribution in [0.1, 0.15) is 29.9 Å². The fraction of sp³-hybridized carbons (Fsp3) is 0.176. The maximum absolute atomic E-state index is 5.92. The average Bonchev–Trinajstić information content (AvgIpc) is 2.90. The lowest BCUT2D eigenvalue weighted by Gasteiger charge is -2.10. The maximum Gasteiger partial charge on any atom is 0.0406 e. The van der Waals surface area contributed by atoms with Crippen LogP contribution in [0, 0.1) is 0 Å². The molecule has 1 heteroatoms. The molecule has 1 atom stereocenters. The van der Waals surface area contributed by atoms with Gasteiger partial charge in [-0.3, -0.25) is 0 Å². The molecule has 0 aromatic heterocycles. The summed E-state index contributed by atoms with van der Waals surface area (Å²) in [4.78, 5) is 0. The SMILES string of the molecule is Clc1ccc(C2=CCC(c3ccccc3)C2)cc1. The molecule has 1 aliphatic rings. The first-order valence-corrected chi connectivity index (χ1v) is 6.70. The Bertz CT molecular complexity index is 552. The second-order valence-corrected chi connectivity index (χ2v) is 5.22. The van der Waals surface area contributed by atoms with Gasteiger partial charge in [0.15, 0.2) is 0 Å². The minimum Gasteiger partial charge on any atom is -0.0843 e. The topological polar surface area (TPSA) is 0 Å². The van der Waals surface area contributed by atoms with E-state index in [0.29, 0.717) is 5.92 Å². The van der Waals surface area contributed by atoms with Crippen molar-refractivity contribution in [2.75, 3.05) is 0 Å². The van der Waals surface area contributed by atoms with E-state index in [0.717, 1.165) is 17.9 Å². The molecule has 0 nitrogen and oxygen atoms in total. The van der Waals surface area contributed by atoms with E-state index in [1.807, 2.05) is 12.1 Å². The Morgan fingerprint density at radius 2 is 1.61 bits per heavy atom. The van der Waals surface area contributed by atoms with Crippen LogP contribution < -0.4 is 0 Å². The quantitative estimate of drug-likeness (QED) is 0.682. The number of rotatable bonds is 2. The number of hydrogen-bond donors (Lipinski definition) is 0. The number of benzene rings is 2. The van der Waals surface area contributed by atoms with Gasteiger partial charge in [0, 0.05) is 5.02 Å². The van der Waals surface area contributed by atoms with Gasteiger partial charge in [0.1, 0.15) is 0 Å². The highest BCUT2D eigenvalue weighted by Crippen LogP contribution is 2.38. The highest BCUT2D eigenvalue weighted by atomic mass is 35.5. The molecule has 0 fully saturated rings. The Kier molecular flexibility index (Phi) is 3.21. The second kappa shape index (κ2) is 4.99. The second-order valence-electron chi connectivity index (χ2n) is 4.78. The van der Waals surface area contributed by atoms with E-state index >= 15 is 0 Å². The molecule has 18 heavy (non-hydrogen) atoms. The van der Waals surface area contributed by atoms with Gasteiger partial charge in [0.25, 0.3) is 0 Å². The molecule has 2 aromatic carbocycles. The summed E-state index contributed by atoms with van der Waals surface area (Å²) in [6.07, 6.45) is 4.63. The van der Waals surface area contributed by atoms with Crippen LogP contribution >= 0.6 is 11.6 Å². The molecule has 1 aliphatic carbocycles. The largest absolute Gasteiger partial charge is 0.0843 e. The summed E-state index contributed by atoms with van der Waals surface area (Å²) < 4.78 is 0. The van der Waals surface area contributed by atoms with Gasteiger partial charge in [-0.25, -0.2) is 0 Å². The van der Waals surface area contributed by atoms with E-state index in [1.54, 1.807) is 0 Å². The van der Waals surface area contributed by atoms with Gasteiger partial charge in [0.05, 0.1) is 0 Å². The molecule has 0 saturated carbocycles. The first kappa shape index (κ1) is 11.6. The van der Waals surface area contributed by atoms with Gasteiger partial charge in [-0.05, 0) is 47.6 Å². The van der Waals surface area contributed by atoms with Crippen LogP contribution in [0.5, 0.6) is 0 Å². The molecule has 0 radical (unpaired) electrons. The normalized spacial score (nSPS) is 18.7. The molecular weight excluding hydrogens is 240 g/mol. The molecule has 3 rings (SSSR count). The molecule has 0 aliphatic heterocycles. The van der Waals surface area contributed by atoms with Crippen molar-refractivity contribution in [3.8, 4) is 0 Å². The van der Waals surface area contributed by atoms with Crippen LogP contribution in [0.25, 0.3) is 5.57 Å². The highest BCUT2D eigenvalue weighted by molar-refractivity contribution is 6.30. The standard InChI is InChI=1S/C17H15Cl/c18-17-10-8-14(9-11-17)16-7-6-15(12-16)13-4-2-1-3-5-13/h1-5,7-11,15H,6,12H2. The zero-order chi connectivity index (χ0) is 12.4. The van der Waals surface area contributed by atoms with Crippen LogP contribution in [0.3, 0.4) is 0 Å². The van der Waals surface area contributed by atoms with Gasteiger partial charge in [-0.2, -0.15) is 0 Å². The molecule has 0 amide bonds. The van der Waals surface area contributed by atoms with Crippen molar-refractivity contribution in [1.29, 1.82) is 0 Å². The third-order valence-electron chi connectivity index (χ3n) is 3.60. The number of halogens is 1. The third-order valence-corrected chi connectivity index (χ3v) is 3.85. The van der Waals surface area contributed by atoms with E-state index in [-0.39, 0.29) is 0 Å². The average molecular weight is 255 g/mol. The Labute approximate surface area is 113 Å². The van der Waals surface area contributed by atoms with Crippen molar-refractivity contribution in [3.05, 3.63) is 76.8 Å². The molecule has 0 heterocycles. The summed E-state index contributed by atoms with van der Waals surface area (Å²) in [5.74, 6) is 0.636. The summed E-state index contributed by atoms with van der Waals surface area (Å²) in [6, 6.07) is 18.9. The first-order chi connectivity index (χ1) is 8.83. The summed E-state index contributed by atoms with van der Waals surface area (Å²) in [6.45, 7) is 0. The van der Waals surface area contributed by atoms with E-state index in [1.165, 1.54) is 16.7 Å². The molecule has 0 bridgehead atoms. The van der Waals surface area contributed by atoms with E-state index in [9.17, 15) is 0 Å². The van der Waals surface area contributed by atoms with E-state index in [4.69, 9.17) is 11.6 Å². The van der Waals surface area contributed by atoms with Crippen LogP contribution in [0.15, 0.2) is 60.7 Å². The van der Waals surface area contributed by atoms with Crippen molar-refractivity contribution >= 4 is 17.2 Å². The fourth-order valence-electron chi connectivity index (χ4n) is 2.60. The zero-order valence-electron chi connectivity index (χ0n) is 10.1. The lowest BCUT2D eigenvalue weighted by Crippen LogP contribution is -1.92. The number of allylic oxidation sites excluding steroid dienone is 2. The van der Waals surface area contributed by atoms with Gasteiger partial charge in [-0.1, -0.05) is 60.1 Å². The van der Waals surface area contributed by atoms with E-state index < -0.39 is 0 Å². The van der Waals surface area contributed by atoms with Crippen LogP contribution in [0.4, 0.5) is 0 Å². The van der Waals surface area contributed by atoms with E-state index in [2.05, 4.69) is 48.5 Å². The van der Waals surface area contributed by atoms with Gasteiger partial charge >= 0.3 is 0 Å². The lowest BCUT2D eigenvalue weighted by molar-refractivity contribution is 0.759. The minimum atomic E-state index is 0.636. The fourth-order valence-corrected chi connectivity index (χ4v) is 2.72. The Morgan fingerprint density at radius 1 is 0.889 bits per heavy atom. The lowest BCUT2D eigenvalue weighted by atomic mass is 9.94. The molecule has 90 valence electrons. The van der Waals surface area contributed by atoms with Crippen LogP contribution in [0.2, 0.25) is 5.02 Å². The third kappa shape index (κ3) is 2.34. The minimum absolute atomic E-state index is 0.636. The predicted octanol–water partition coefficient (Wildman–Crippen LogP) is 5.30. The zero-order valence-corrected chi connectivity index (χ0v) is 10.9. The van der Waals surface area contributed by atoms with Gasteiger partial charge in [0.2, 0.25) is 0 Å². The Morgan fingerprint density at radius 3 is 2.33 bits per heavy atom. The molecular formula is C17H15Cl. The Balaban J connectivity index is 1.77. The van der Waals surface area contributed by atoms with Crippen molar-refractivity contribution < 1.29 is 0 Å². The van der Waals surface area contributed by atoms with Crippen molar-refractivity contribution in [2.24, 2.45) is 0 Å². The van der Waals surface area contributed by atoms with Crippen LogP contribution in [-0.4, -0.2) is 0 Å². The summed E-state index contributed by atoms with van der Waals surface area (Å²) in [5.41, 5.74) is 4.19. The van der Waals surface area contributed by atoms with Crippen molar-refractivity contribution in [2.45, 2.75) is 18.8 Å². The molecule has 1 unspecified atom stereocenters. The summed E-state index contributed by atoms with van der Waals surface area (Å²) in [5, 5.41) is 0.803. The Hall–Kier alpha value is -1.53. The summed E-state index contributed by atoms with van der Waals surface area (Å²) in [7, 11) is 0. The molecule has 0 N–H and O–H groups in total. The first-order valence-electron chi connectivity index (χ1n) is 6.33. The number of hydrogen-bond acceptors (Lipinski definition) is 0. The van der Waals surface area contributed by atoms with Gasteiger partial charge in [-0.15, -0.1) is 0 Å². The van der Waals surface area contributed by atoms with Crippen molar-refractivity contribution in [1.82, 2.24) is 0 Å².